The summed E-state index contributed by atoms with van der Waals surface area (Å²) in [6.07, 6.45) is 2.67. The predicted octanol–water partition coefficient (Wildman–Crippen LogP) is 4.75. The van der Waals surface area contributed by atoms with Crippen LogP contribution < -0.4 is 16.0 Å². The normalized spacial score (nSPS) is 14.2. The average Bonchev–Trinajstić information content (AvgIpc) is 3.00. The summed E-state index contributed by atoms with van der Waals surface area (Å²) in [5, 5.41) is 2.15. The van der Waals surface area contributed by atoms with Crippen LogP contribution in [0.25, 0.3) is 0 Å². The van der Waals surface area contributed by atoms with Crippen molar-refractivity contribution in [2.75, 3.05) is 11.4 Å². The number of hydrogen-bond donors (Lipinski definition) is 2. The fraction of sp³-hybridized carbons (Fsp3) is 0.208. The maximum Gasteiger partial charge on any atom is 0.312 e. The van der Waals surface area contributed by atoms with Gasteiger partial charge in [0.1, 0.15) is 22.8 Å². The van der Waals surface area contributed by atoms with Crippen molar-refractivity contribution in [1.29, 1.82) is 0 Å². The number of aromatic nitrogens is 1. The molecule has 4 rings (SSSR count). The molecule has 0 aliphatic carbocycles. The lowest BCUT2D eigenvalue weighted by Gasteiger charge is -2.24. The Bertz CT molecular complexity index is 1200. The molecule has 6 nitrogen and oxygen atoms in total. The monoisotopic (exact) mass is 470 g/mol. The van der Waals surface area contributed by atoms with Gasteiger partial charge in [0, 0.05) is 12.2 Å². The molecule has 0 saturated carbocycles. The largest absolute Gasteiger partial charge is 0.352 e. The molecule has 9 heteroatoms. The minimum atomic E-state index is -1.33. The second-order valence-corrected chi connectivity index (χ2v) is 8.05. The van der Waals surface area contributed by atoms with Gasteiger partial charge in [-0.25, -0.2) is 18.6 Å². The Morgan fingerprint density at radius 3 is 2.45 bits per heavy atom. The van der Waals surface area contributed by atoms with Crippen molar-refractivity contribution < 1.29 is 18.4 Å². The molecule has 2 aromatic carbocycles. The van der Waals surface area contributed by atoms with Gasteiger partial charge in [0.25, 0.3) is 5.91 Å². The van der Waals surface area contributed by atoms with E-state index in [1.807, 2.05) is 24.3 Å². The second-order valence-electron chi connectivity index (χ2n) is 7.69. The molecule has 33 heavy (non-hydrogen) atoms. The first-order chi connectivity index (χ1) is 15.9. The van der Waals surface area contributed by atoms with Gasteiger partial charge in [-0.3, -0.25) is 4.79 Å². The van der Waals surface area contributed by atoms with Crippen LogP contribution in [0.3, 0.4) is 0 Å². The maximum atomic E-state index is 14.4. The molecule has 1 aliphatic heterocycles. The van der Waals surface area contributed by atoms with Crippen molar-refractivity contribution in [2.45, 2.75) is 25.3 Å². The standard InChI is InChI=1S/C24H21ClF2N4O2/c25-22-15(23(32)31-13-4-3-7-14-6-1-2-10-19(14)31)11-12-18(29-22)21(30-24(28)33)20-16(26)8-5-9-17(20)27/h1-2,5-6,8-12,21H,3-4,7,13H2,(H3,28,30,33). The molecule has 1 unspecified atom stereocenters. The number of nitrogens with zero attached hydrogens (tertiary/aromatic N) is 2. The first-order valence-electron chi connectivity index (χ1n) is 10.4. The van der Waals surface area contributed by atoms with E-state index >= 15 is 0 Å². The summed E-state index contributed by atoms with van der Waals surface area (Å²) in [7, 11) is 0. The number of primary amides is 1. The number of urea groups is 1. The van der Waals surface area contributed by atoms with Crippen molar-refractivity contribution in [3.63, 3.8) is 0 Å². The number of nitrogens with two attached hydrogens (primary N) is 1. The quantitative estimate of drug-likeness (QED) is 0.539. The van der Waals surface area contributed by atoms with Crippen LogP contribution in [0.4, 0.5) is 19.3 Å². The topological polar surface area (TPSA) is 88.3 Å². The molecule has 1 aromatic heterocycles. The Labute approximate surface area is 194 Å². The molecule has 0 saturated heterocycles. The van der Waals surface area contributed by atoms with Gasteiger partial charge in [-0.2, -0.15) is 0 Å². The molecule has 2 heterocycles. The van der Waals surface area contributed by atoms with Crippen molar-refractivity contribution in [3.8, 4) is 0 Å². The highest BCUT2D eigenvalue weighted by Crippen LogP contribution is 2.31. The molecule has 1 atom stereocenters. The van der Waals surface area contributed by atoms with Crippen LogP contribution in [0.2, 0.25) is 5.15 Å². The summed E-state index contributed by atoms with van der Waals surface area (Å²) in [4.78, 5) is 30.8. The number of carbonyl (C=O) groups excluding carboxylic acids is 2. The van der Waals surface area contributed by atoms with E-state index in [-0.39, 0.29) is 22.3 Å². The Morgan fingerprint density at radius 1 is 1.03 bits per heavy atom. The SMILES string of the molecule is NC(=O)NC(c1ccc(C(=O)N2CCCCc3ccccc32)c(Cl)n1)c1c(F)cccc1F. The van der Waals surface area contributed by atoms with Crippen molar-refractivity contribution in [2.24, 2.45) is 5.73 Å². The van der Waals surface area contributed by atoms with Gasteiger partial charge in [0.05, 0.1) is 16.8 Å². The fourth-order valence-corrected chi connectivity index (χ4v) is 4.28. The molecule has 0 radical (unpaired) electrons. The minimum Gasteiger partial charge on any atom is -0.352 e. The number of pyridine rings is 1. The first kappa shape index (κ1) is 22.7. The number of aryl methyl sites for hydroxylation is 1. The Hall–Kier alpha value is -3.52. The lowest BCUT2D eigenvalue weighted by Crippen LogP contribution is -2.35. The molecule has 170 valence electrons. The summed E-state index contributed by atoms with van der Waals surface area (Å²) in [5.74, 6) is -2.09. The molecule has 3 amide bonds. The number of rotatable bonds is 4. The lowest BCUT2D eigenvalue weighted by atomic mass is 10.0. The zero-order valence-electron chi connectivity index (χ0n) is 17.5. The highest BCUT2D eigenvalue weighted by atomic mass is 35.5. The highest BCUT2D eigenvalue weighted by molar-refractivity contribution is 6.33. The van der Waals surface area contributed by atoms with E-state index in [4.69, 9.17) is 17.3 Å². The van der Waals surface area contributed by atoms with Crippen LogP contribution in [0, 0.1) is 11.6 Å². The third-order valence-electron chi connectivity index (χ3n) is 5.58. The molecule has 3 N–H and O–H groups in total. The van der Waals surface area contributed by atoms with Crippen LogP contribution in [0.5, 0.6) is 0 Å². The van der Waals surface area contributed by atoms with E-state index in [0.717, 1.165) is 42.6 Å². The van der Waals surface area contributed by atoms with Crippen molar-refractivity contribution in [3.05, 3.63) is 93.8 Å². The summed E-state index contributed by atoms with van der Waals surface area (Å²) >= 11 is 6.37. The number of carbonyl (C=O) groups is 2. The molecule has 1 aliphatic rings. The molecule has 0 fully saturated rings. The van der Waals surface area contributed by atoms with Crippen LogP contribution in [0.15, 0.2) is 54.6 Å². The van der Waals surface area contributed by atoms with Gasteiger partial charge in [-0.05, 0) is 55.2 Å². The minimum absolute atomic E-state index is 0.0376. The number of halogens is 3. The van der Waals surface area contributed by atoms with Gasteiger partial charge in [0.2, 0.25) is 0 Å². The highest BCUT2D eigenvalue weighted by Gasteiger charge is 2.28. The second kappa shape index (κ2) is 9.54. The lowest BCUT2D eigenvalue weighted by molar-refractivity contribution is 0.0986. The smallest absolute Gasteiger partial charge is 0.312 e. The van der Waals surface area contributed by atoms with Crippen LogP contribution in [-0.4, -0.2) is 23.5 Å². The summed E-state index contributed by atoms with van der Waals surface area (Å²) in [5.41, 5.74) is 6.87. The van der Waals surface area contributed by atoms with Gasteiger partial charge in [-0.1, -0.05) is 35.9 Å². The number of nitrogens with one attached hydrogen (secondary N) is 1. The van der Waals surface area contributed by atoms with E-state index in [9.17, 15) is 18.4 Å². The zero-order chi connectivity index (χ0) is 23.5. The third-order valence-corrected chi connectivity index (χ3v) is 5.86. The van der Waals surface area contributed by atoms with Gasteiger partial charge >= 0.3 is 6.03 Å². The number of fused-ring (bicyclic) bond motifs is 1. The average molecular weight is 471 g/mol. The summed E-state index contributed by atoms with van der Waals surface area (Å²) in [6, 6.07) is 11.5. The molecule has 3 aromatic rings. The van der Waals surface area contributed by atoms with Crippen LogP contribution in [-0.2, 0) is 6.42 Å². The zero-order valence-corrected chi connectivity index (χ0v) is 18.3. The number of benzene rings is 2. The van der Waals surface area contributed by atoms with E-state index < -0.39 is 29.3 Å². The van der Waals surface area contributed by atoms with Crippen molar-refractivity contribution >= 4 is 29.2 Å². The van der Waals surface area contributed by atoms with E-state index in [2.05, 4.69) is 10.3 Å². The van der Waals surface area contributed by atoms with Gasteiger partial charge < -0.3 is 16.0 Å². The van der Waals surface area contributed by atoms with E-state index in [0.29, 0.717) is 6.54 Å². The van der Waals surface area contributed by atoms with E-state index in [1.165, 1.54) is 18.2 Å². The van der Waals surface area contributed by atoms with Gasteiger partial charge in [0.15, 0.2) is 0 Å². The predicted molar refractivity (Wildman–Crippen MR) is 121 cm³/mol. The Balaban J connectivity index is 1.71. The maximum absolute atomic E-state index is 14.4. The Kier molecular flexibility index (Phi) is 6.55. The molecular weight excluding hydrogens is 450 g/mol. The van der Waals surface area contributed by atoms with Gasteiger partial charge in [-0.15, -0.1) is 0 Å². The fourth-order valence-electron chi connectivity index (χ4n) is 4.04. The third kappa shape index (κ3) is 4.66. The van der Waals surface area contributed by atoms with E-state index in [1.54, 1.807) is 4.90 Å². The summed E-state index contributed by atoms with van der Waals surface area (Å²) in [6.45, 7) is 0.528. The first-order valence-corrected chi connectivity index (χ1v) is 10.8. The summed E-state index contributed by atoms with van der Waals surface area (Å²) < 4.78 is 28.8. The number of amides is 3. The van der Waals surface area contributed by atoms with Crippen molar-refractivity contribution in [1.82, 2.24) is 10.3 Å². The van der Waals surface area contributed by atoms with Crippen LogP contribution in [0.1, 0.15) is 46.1 Å². The van der Waals surface area contributed by atoms with Crippen LogP contribution >= 0.6 is 11.6 Å². The number of para-hydroxylation sites is 1. The molecule has 0 spiro atoms. The Morgan fingerprint density at radius 2 is 1.76 bits per heavy atom. The number of hydrogen-bond acceptors (Lipinski definition) is 3. The molecule has 0 bridgehead atoms. The molecular formula is C24H21ClF2N4O2. The number of anilines is 1.